The molecular weight excluding hydrogens is 452 g/mol. The number of hydrogen-bond acceptors (Lipinski definition) is 6. The smallest absolute Gasteiger partial charge is 0.201 e. The monoisotopic (exact) mass is 484 g/mol. The zero-order valence-electron chi connectivity index (χ0n) is 19.7. The van der Waals surface area contributed by atoms with E-state index in [2.05, 4.69) is 5.32 Å². The van der Waals surface area contributed by atoms with Crippen molar-refractivity contribution < 1.29 is 23.0 Å². The Bertz CT molecular complexity index is 1290. The third kappa shape index (κ3) is 5.12. The van der Waals surface area contributed by atoms with Gasteiger partial charge in [0.05, 0.1) is 30.9 Å². The molecule has 2 N–H and O–H groups in total. The van der Waals surface area contributed by atoms with E-state index in [1.807, 2.05) is 36.5 Å². The molecule has 8 heteroatoms. The van der Waals surface area contributed by atoms with Crippen LogP contribution >= 0.6 is 0 Å². The van der Waals surface area contributed by atoms with E-state index >= 15 is 0 Å². The van der Waals surface area contributed by atoms with Crippen LogP contribution in [0.1, 0.15) is 37.3 Å². The summed E-state index contributed by atoms with van der Waals surface area (Å²) in [6, 6.07) is 10.7. The lowest BCUT2D eigenvalue weighted by Gasteiger charge is -2.21. The normalized spacial score (nSPS) is 17.0. The van der Waals surface area contributed by atoms with Gasteiger partial charge in [-0.1, -0.05) is 18.2 Å². The van der Waals surface area contributed by atoms with Crippen LogP contribution in [0.3, 0.4) is 0 Å². The molecule has 34 heavy (non-hydrogen) atoms. The summed E-state index contributed by atoms with van der Waals surface area (Å²) in [4.78, 5) is 0. The van der Waals surface area contributed by atoms with Gasteiger partial charge in [0.15, 0.2) is 11.5 Å². The first-order valence-electron chi connectivity index (χ1n) is 11.9. The number of nitrogens with one attached hydrogen (secondary N) is 1. The van der Waals surface area contributed by atoms with Gasteiger partial charge in [-0.15, -0.1) is 0 Å². The molecule has 0 radical (unpaired) electrons. The summed E-state index contributed by atoms with van der Waals surface area (Å²) in [6.07, 6.45) is 7.85. The number of benzene rings is 2. The first-order valence-corrected chi connectivity index (χ1v) is 13.9. The molecule has 2 saturated carbocycles. The number of hydrogen-bond donors (Lipinski definition) is 2. The number of fused-ring (bicyclic) bond motifs is 1. The van der Waals surface area contributed by atoms with Crippen LogP contribution < -0.4 is 14.8 Å². The van der Waals surface area contributed by atoms with E-state index in [-0.39, 0.29) is 11.6 Å². The summed E-state index contributed by atoms with van der Waals surface area (Å²) in [5.41, 5.74) is 1.60. The summed E-state index contributed by atoms with van der Waals surface area (Å²) < 4.78 is 38.0. The summed E-state index contributed by atoms with van der Waals surface area (Å²) in [7, 11) is -1.77. The standard InChI is InChI=1S/C26H32N2O5S/c1-32-23-11-10-19(12-24(23)33-15-18-8-9-18)22(16-34(2,30)31)28-14-20-4-3-5-21(25(20)26(28)29)27-13-17-6-7-17/h3-5,10-12,14,17-18,22,27,29H,6-9,13,15-16H2,1-2H3. The van der Waals surface area contributed by atoms with Gasteiger partial charge in [0.25, 0.3) is 0 Å². The zero-order chi connectivity index (χ0) is 23.9. The highest BCUT2D eigenvalue weighted by Crippen LogP contribution is 2.40. The average molecular weight is 485 g/mol. The van der Waals surface area contributed by atoms with Gasteiger partial charge in [-0.3, -0.25) is 0 Å². The Morgan fingerprint density at radius 1 is 1.12 bits per heavy atom. The average Bonchev–Trinajstić information content (AvgIpc) is 3.73. The minimum atomic E-state index is -3.36. The van der Waals surface area contributed by atoms with E-state index in [0.717, 1.165) is 23.2 Å². The van der Waals surface area contributed by atoms with Crippen molar-refractivity contribution in [2.75, 3.05) is 37.6 Å². The molecule has 0 amide bonds. The molecule has 0 saturated heterocycles. The van der Waals surface area contributed by atoms with E-state index in [1.54, 1.807) is 17.7 Å². The van der Waals surface area contributed by atoms with E-state index in [9.17, 15) is 13.5 Å². The highest BCUT2D eigenvalue weighted by molar-refractivity contribution is 7.90. The molecule has 0 aliphatic heterocycles. The Labute approximate surface area is 200 Å². The maximum absolute atomic E-state index is 12.4. The van der Waals surface area contributed by atoms with E-state index < -0.39 is 15.9 Å². The van der Waals surface area contributed by atoms with Crippen LogP contribution in [0, 0.1) is 11.8 Å². The minimum absolute atomic E-state index is 0.0545. The van der Waals surface area contributed by atoms with Crippen molar-refractivity contribution in [1.82, 2.24) is 4.57 Å². The second-order valence-electron chi connectivity index (χ2n) is 9.73. The van der Waals surface area contributed by atoms with Crippen molar-refractivity contribution in [2.45, 2.75) is 31.7 Å². The topological polar surface area (TPSA) is 89.8 Å². The Hall–Kier alpha value is -2.87. The van der Waals surface area contributed by atoms with E-state index in [4.69, 9.17) is 9.47 Å². The van der Waals surface area contributed by atoms with Gasteiger partial charge in [0.1, 0.15) is 9.84 Å². The van der Waals surface area contributed by atoms with Crippen LogP contribution in [0.25, 0.3) is 10.8 Å². The first-order chi connectivity index (χ1) is 16.3. The molecular formula is C26H32N2O5S. The molecule has 1 atom stereocenters. The Kier molecular flexibility index (Phi) is 6.10. The lowest BCUT2D eigenvalue weighted by Crippen LogP contribution is -2.20. The summed E-state index contributed by atoms with van der Waals surface area (Å²) in [5.74, 6) is 2.36. The number of anilines is 1. The molecule has 0 bridgehead atoms. The third-order valence-electron chi connectivity index (χ3n) is 6.66. The fourth-order valence-corrected chi connectivity index (χ4v) is 5.28. The van der Waals surface area contributed by atoms with Crippen molar-refractivity contribution in [3.8, 4) is 17.4 Å². The number of ether oxygens (including phenoxy) is 2. The molecule has 0 spiro atoms. The lowest BCUT2D eigenvalue weighted by atomic mass is 10.1. The number of sulfone groups is 1. The summed E-state index contributed by atoms with van der Waals surface area (Å²) in [5, 5.41) is 16.3. The molecule has 2 aromatic carbocycles. The van der Waals surface area contributed by atoms with Gasteiger partial charge >= 0.3 is 0 Å². The molecule has 2 aliphatic rings. The number of rotatable bonds is 11. The predicted octanol–water partition coefficient (Wildman–Crippen LogP) is 4.60. The van der Waals surface area contributed by atoms with Crippen LogP contribution in [-0.4, -0.2) is 50.4 Å². The molecule has 7 nitrogen and oxygen atoms in total. The van der Waals surface area contributed by atoms with Crippen LogP contribution in [0.15, 0.2) is 42.6 Å². The van der Waals surface area contributed by atoms with Crippen molar-refractivity contribution in [3.05, 3.63) is 48.2 Å². The zero-order valence-corrected chi connectivity index (χ0v) is 20.5. The van der Waals surface area contributed by atoms with Crippen LogP contribution in [-0.2, 0) is 9.84 Å². The van der Waals surface area contributed by atoms with Crippen molar-refractivity contribution in [3.63, 3.8) is 0 Å². The molecule has 1 heterocycles. The number of methoxy groups -OCH3 is 1. The van der Waals surface area contributed by atoms with Gasteiger partial charge in [0.2, 0.25) is 5.88 Å². The van der Waals surface area contributed by atoms with Gasteiger partial charge < -0.3 is 24.5 Å². The van der Waals surface area contributed by atoms with Gasteiger partial charge in [-0.05, 0) is 61.3 Å². The molecule has 182 valence electrons. The summed E-state index contributed by atoms with van der Waals surface area (Å²) in [6.45, 7) is 1.49. The Balaban J connectivity index is 1.55. The maximum Gasteiger partial charge on any atom is 0.201 e. The van der Waals surface area contributed by atoms with Gasteiger partial charge in [-0.2, -0.15) is 0 Å². The second kappa shape index (κ2) is 9.06. The van der Waals surface area contributed by atoms with Gasteiger partial charge in [0, 0.05) is 30.1 Å². The highest BCUT2D eigenvalue weighted by Gasteiger charge is 2.27. The summed E-state index contributed by atoms with van der Waals surface area (Å²) >= 11 is 0. The first kappa shape index (κ1) is 22.9. The Morgan fingerprint density at radius 3 is 2.56 bits per heavy atom. The van der Waals surface area contributed by atoms with Crippen molar-refractivity contribution >= 4 is 26.3 Å². The predicted molar refractivity (Wildman–Crippen MR) is 134 cm³/mol. The molecule has 2 aliphatic carbocycles. The highest BCUT2D eigenvalue weighted by atomic mass is 32.2. The second-order valence-corrected chi connectivity index (χ2v) is 11.9. The molecule has 5 rings (SSSR count). The van der Waals surface area contributed by atoms with Crippen molar-refractivity contribution in [2.24, 2.45) is 11.8 Å². The van der Waals surface area contributed by atoms with E-state index in [1.165, 1.54) is 31.9 Å². The van der Waals surface area contributed by atoms with Gasteiger partial charge in [-0.25, -0.2) is 8.42 Å². The largest absolute Gasteiger partial charge is 0.494 e. The fraction of sp³-hybridized carbons (Fsp3) is 0.462. The number of aromatic hydroxyl groups is 1. The third-order valence-corrected chi connectivity index (χ3v) is 7.58. The van der Waals surface area contributed by atoms with E-state index in [0.29, 0.717) is 35.3 Å². The Morgan fingerprint density at radius 2 is 1.88 bits per heavy atom. The van der Waals surface area contributed by atoms with Crippen LogP contribution in [0.2, 0.25) is 0 Å². The lowest BCUT2D eigenvalue weighted by molar-refractivity contribution is 0.280. The van der Waals surface area contributed by atoms with Crippen molar-refractivity contribution in [1.29, 1.82) is 0 Å². The number of nitrogens with zero attached hydrogens (tertiary/aromatic N) is 1. The minimum Gasteiger partial charge on any atom is -0.494 e. The number of aromatic nitrogens is 1. The van der Waals surface area contributed by atoms with Crippen LogP contribution in [0.5, 0.6) is 17.4 Å². The molecule has 1 unspecified atom stereocenters. The molecule has 1 aromatic heterocycles. The fourth-order valence-electron chi connectivity index (χ4n) is 4.36. The molecule has 2 fully saturated rings. The quantitative estimate of drug-likeness (QED) is 0.413. The molecule has 3 aromatic rings. The maximum atomic E-state index is 12.4. The van der Waals surface area contributed by atoms with Crippen LogP contribution in [0.4, 0.5) is 5.69 Å². The SMILES string of the molecule is COc1ccc(C(CS(C)(=O)=O)n2cc3cccc(NCC4CC4)c3c2O)cc1OCC1CC1.